The number of hydrogen-bond acceptors (Lipinski definition) is 1. The van der Waals surface area contributed by atoms with Gasteiger partial charge in [0.05, 0.1) is 0 Å². The molecule has 2 atom stereocenters. The van der Waals surface area contributed by atoms with E-state index in [4.69, 9.17) is 0 Å². The van der Waals surface area contributed by atoms with Gasteiger partial charge in [-0.25, -0.2) is 0 Å². The molecule has 0 heterocycles. The van der Waals surface area contributed by atoms with Gasteiger partial charge in [0.25, 0.3) is 0 Å². The van der Waals surface area contributed by atoms with E-state index in [2.05, 4.69) is 26.5 Å². The average molecular weight is 218 g/mol. The highest BCUT2D eigenvalue weighted by Gasteiger charge is 2.49. The minimum Gasteiger partial charge on any atom is -0.295 e. The van der Waals surface area contributed by atoms with Crippen molar-refractivity contribution in [3.63, 3.8) is 0 Å². The van der Waals surface area contributed by atoms with Crippen molar-refractivity contribution in [2.75, 3.05) is 0 Å². The molecule has 0 saturated heterocycles. The zero-order valence-electron chi connectivity index (χ0n) is 10.7. The summed E-state index contributed by atoms with van der Waals surface area (Å²) in [6.45, 7) is 10.8. The summed E-state index contributed by atoms with van der Waals surface area (Å²) in [7, 11) is 0. The van der Waals surface area contributed by atoms with E-state index in [0.29, 0.717) is 12.2 Å². The fourth-order valence-corrected chi connectivity index (χ4v) is 3.32. The smallest absolute Gasteiger partial charge is 0.158 e. The fourth-order valence-electron chi connectivity index (χ4n) is 3.32. The molecule has 2 aliphatic rings. The van der Waals surface area contributed by atoms with Gasteiger partial charge < -0.3 is 0 Å². The minimum absolute atomic E-state index is 0.0944. The van der Waals surface area contributed by atoms with Gasteiger partial charge in [0.1, 0.15) is 0 Å². The maximum atomic E-state index is 11.9. The lowest BCUT2D eigenvalue weighted by atomic mass is 9.57. The Morgan fingerprint density at radius 2 is 2.06 bits per heavy atom. The van der Waals surface area contributed by atoms with Crippen LogP contribution >= 0.6 is 0 Å². The zero-order valence-corrected chi connectivity index (χ0v) is 10.7. The minimum atomic E-state index is 0.0944. The van der Waals surface area contributed by atoms with Crippen molar-refractivity contribution in [2.45, 2.75) is 52.9 Å². The van der Waals surface area contributed by atoms with Crippen LogP contribution in [0, 0.1) is 10.8 Å². The topological polar surface area (TPSA) is 17.1 Å². The second-order valence-corrected chi connectivity index (χ2v) is 6.04. The van der Waals surface area contributed by atoms with Crippen LogP contribution in [-0.4, -0.2) is 5.78 Å². The Bertz CT molecular complexity index is 377. The monoisotopic (exact) mass is 218 g/mol. The molecule has 0 N–H and O–H groups in total. The number of hydrogen-bond donors (Lipinski definition) is 0. The molecule has 1 saturated carbocycles. The van der Waals surface area contributed by atoms with Crippen molar-refractivity contribution < 1.29 is 4.79 Å². The van der Waals surface area contributed by atoms with Crippen LogP contribution < -0.4 is 0 Å². The molecule has 1 heteroatoms. The zero-order chi connectivity index (χ0) is 12.0. The predicted molar refractivity (Wildman–Crippen MR) is 67.2 cm³/mol. The third-order valence-electron chi connectivity index (χ3n) is 5.12. The van der Waals surface area contributed by atoms with E-state index in [1.807, 2.05) is 6.92 Å². The summed E-state index contributed by atoms with van der Waals surface area (Å²) in [5.41, 5.74) is 2.57. The summed E-state index contributed by atoms with van der Waals surface area (Å²) in [4.78, 5) is 11.9. The lowest BCUT2D eigenvalue weighted by Crippen LogP contribution is -2.40. The molecule has 0 aromatic rings. The highest BCUT2D eigenvalue weighted by atomic mass is 16.1. The molecule has 0 aliphatic heterocycles. The number of carbonyl (C=O) groups is 1. The second-order valence-electron chi connectivity index (χ2n) is 6.04. The first-order valence-corrected chi connectivity index (χ1v) is 6.27. The first-order valence-electron chi connectivity index (χ1n) is 6.27. The van der Waals surface area contributed by atoms with Crippen LogP contribution in [0.15, 0.2) is 23.8 Å². The summed E-state index contributed by atoms with van der Waals surface area (Å²) in [5.74, 6) is 0.328. The van der Waals surface area contributed by atoms with Crippen molar-refractivity contribution in [3.8, 4) is 0 Å². The lowest BCUT2D eigenvalue weighted by molar-refractivity contribution is -0.120. The number of rotatable bonds is 1. The number of Topliss-reactive ketones (excluding diaryl/α,β-unsaturated/α-hetero) is 1. The lowest BCUT2D eigenvalue weighted by Gasteiger charge is -2.46. The third kappa shape index (κ3) is 1.49. The van der Waals surface area contributed by atoms with Gasteiger partial charge in [-0.05, 0) is 49.0 Å². The van der Waals surface area contributed by atoms with Crippen molar-refractivity contribution in [3.05, 3.63) is 23.8 Å². The molecular formula is C15H22O. The molecule has 1 nitrogen and oxygen atoms in total. The molecule has 2 rings (SSSR count). The van der Waals surface area contributed by atoms with E-state index < -0.39 is 0 Å². The summed E-state index contributed by atoms with van der Waals surface area (Å²) >= 11 is 0. The first kappa shape index (κ1) is 11.6. The third-order valence-corrected chi connectivity index (χ3v) is 5.12. The van der Waals surface area contributed by atoms with Crippen molar-refractivity contribution >= 4 is 5.78 Å². The standard InChI is InChI=1S/C15H22O/c1-11-7-9-14(3,10-13(11)16)15(4)8-5-6-12(15)2/h7H,2,5-6,8-10H2,1,3-4H3. The summed E-state index contributed by atoms with van der Waals surface area (Å²) in [5, 5.41) is 0. The summed E-state index contributed by atoms with van der Waals surface area (Å²) < 4.78 is 0. The van der Waals surface area contributed by atoms with E-state index >= 15 is 0 Å². The van der Waals surface area contributed by atoms with E-state index in [0.717, 1.165) is 18.4 Å². The van der Waals surface area contributed by atoms with E-state index in [1.54, 1.807) is 0 Å². The van der Waals surface area contributed by atoms with E-state index in [-0.39, 0.29) is 10.8 Å². The summed E-state index contributed by atoms with van der Waals surface area (Å²) in [6.07, 6.45) is 7.43. The number of allylic oxidation sites excluding steroid dienone is 3. The largest absolute Gasteiger partial charge is 0.295 e. The van der Waals surface area contributed by atoms with Gasteiger partial charge in [-0.15, -0.1) is 0 Å². The average Bonchev–Trinajstić information content (AvgIpc) is 2.56. The van der Waals surface area contributed by atoms with Crippen LogP contribution in [0.5, 0.6) is 0 Å². The van der Waals surface area contributed by atoms with Gasteiger partial charge in [0.2, 0.25) is 0 Å². The molecule has 0 aromatic carbocycles. The van der Waals surface area contributed by atoms with Gasteiger partial charge in [0.15, 0.2) is 5.78 Å². The Hall–Kier alpha value is -0.850. The molecule has 0 bridgehead atoms. The van der Waals surface area contributed by atoms with Crippen molar-refractivity contribution in [2.24, 2.45) is 10.8 Å². The van der Waals surface area contributed by atoms with Crippen molar-refractivity contribution in [1.82, 2.24) is 0 Å². The van der Waals surface area contributed by atoms with Gasteiger partial charge in [-0.1, -0.05) is 32.1 Å². The van der Waals surface area contributed by atoms with Crippen LogP contribution in [0.25, 0.3) is 0 Å². The van der Waals surface area contributed by atoms with Gasteiger partial charge in [0, 0.05) is 6.42 Å². The molecule has 1 fully saturated rings. The van der Waals surface area contributed by atoms with Gasteiger partial charge in [-0.2, -0.15) is 0 Å². The quantitative estimate of drug-likeness (QED) is 0.607. The van der Waals surface area contributed by atoms with Crippen LogP contribution in [0.2, 0.25) is 0 Å². The second kappa shape index (κ2) is 3.58. The first-order chi connectivity index (χ1) is 7.39. The van der Waals surface area contributed by atoms with Crippen LogP contribution in [0.3, 0.4) is 0 Å². The van der Waals surface area contributed by atoms with Gasteiger partial charge >= 0.3 is 0 Å². The van der Waals surface area contributed by atoms with Crippen LogP contribution in [-0.2, 0) is 4.79 Å². The molecule has 0 aromatic heterocycles. The molecule has 0 radical (unpaired) electrons. The van der Waals surface area contributed by atoms with E-state index in [1.165, 1.54) is 18.4 Å². The molecular weight excluding hydrogens is 196 g/mol. The Labute approximate surface area is 98.6 Å². The highest BCUT2D eigenvalue weighted by molar-refractivity contribution is 5.96. The van der Waals surface area contributed by atoms with Crippen LogP contribution in [0.1, 0.15) is 52.9 Å². The summed E-state index contributed by atoms with van der Waals surface area (Å²) in [6, 6.07) is 0. The number of ketones is 1. The molecule has 16 heavy (non-hydrogen) atoms. The van der Waals surface area contributed by atoms with Crippen LogP contribution in [0.4, 0.5) is 0 Å². The molecule has 2 aliphatic carbocycles. The van der Waals surface area contributed by atoms with E-state index in [9.17, 15) is 4.79 Å². The normalized spacial score (nSPS) is 40.1. The predicted octanol–water partition coefficient (Wildman–Crippen LogP) is 4.05. The fraction of sp³-hybridized carbons (Fsp3) is 0.667. The Morgan fingerprint density at radius 3 is 2.56 bits per heavy atom. The molecule has 2 unspecified atom stereocenters. The Morgan fingerprint density at radius 1 is 1.38 bits per heavy atom. The maximum absolute atomic E-state index is 11.9. The Balaban J connectivity index is 2.33. The Kier molecular flexibility index (Phi) is 2.60. The molecule has 88 valence electrons. The SMILES string of the molecule is C=C1CCCC1(C)C1(C)CC=C(C)C(=O)C1. The van der Waals surface area contributed by atoms with Gasteiger partial charge in [-0.3, -0.25) is 4.79 Å². The number of carbonyl (C=O) groups excluding carboxylic acids is 1. The molecule has 0 amide bonds. The maximum Gasteiger partial charge on any atom is 0.158 e. The molecule has 0 spiro atoms. The highest BCUT2D eigenvalue weighted by Crippen LogP contribution is 2.58. The van der Waals surface area contributed by atoms with Crippen molar-refractivity contribution in [1.29, 1.82) is 0 Å².